The Labute approximate surface area is 57.6 Å². The van der Waals surface area contributed by atoms with Gasteiger partial charge in [0.25, 0.3) is 0 Å². The topological polar surface area (TPSA) is 0 Å². The third kappa shape index (κ3) is 0.544. The highest BCUT2D eigenvalue weighted by atomic mass is 14.6. The van der Waals surface area contributed by atoms with E-state index in [1.54, 1.807) is 0 Å². The SMILES string of the molecule is CC1CC2(C)CC1(C)C2. The Balaban J connectivity index is 2.24. The molecule has 0 amide bonds. The van der Waals surface area contributed by atoms with Gasteiger partial charge in [-0.2, -0.15) is 0 Å². The zero-order valence-electron chi connectivity index (χ0n) is 6.70. The van der Waals surface area contributed by atoms with Gasteiger partial charge in [-0.25, -0.2) is 0 Å². The molecule has 0 radical (unpaired) electrons. The van der Waals surface area contributed by atoms with Gasteiger partial charge in [0, 0.05) is 0 Å². The molecule has 3 saturated carbocycles. The molecule has 0 N–H and O–H groups in total. The minimum atomic E-state index is 0.759. The van der Waals surface area contributed by atoms with Gasteiger partial charge in [-0.05, 0) is 36.0 Å². The molecule has 1 unspecified atom stereocenters. The molecule has 0 saturated heterocycles. The van der Waals surface area contributed by atoms with Crippen LogP contribution >= 0.6 is 0 Å². The highest BCUT2D eigenvalue weighted by Crippen LogP contribution is 2.69. The van der Waals surface area contributed by atoms with Crippen LogP contribution in [0.2, 0.25) is 0 Å². The molecule has 0 aliphatic heterocycles. The van der Waals surface area contributed by atoms with Crippen LogP contribution in [-0.2, 0) is 0 Å². The van der Waals surface area contributed by atoms with Crippen molar-refractivity contribution in [1.82, 2.24) is 0 Å². The van der Waals surface area contributed by atoms with E-state index in [4.69, 9.17) is 0 Å². The van der Waals surface area contributed by atoms with Crippen LogP contribution in [0, 0.1) is 16.7 Å². The lowest BCUT2D eigenvalue weighted by atomic mass is 9.61. The number of hydrogen-bond acceptors (Lipinski definition) is 0. The van der Waals surface area contributed by atoms with Crippen LogP contribution in [-0.4, -0.2) is 0 Å². The van der Waals surface area contributed by atoms with Gasteiger partial charge in [0.1, 0.15) is 0 Å². The van der Waals surface area contributed by atoms with Crippen LogP contribution in [0.3, 0.4) is 0 Å². The Bertz CT molecular complexity index is 135. The quantitative estimate of drug-likeness (QED) is 0.466. The van der Waals surface area contributed by atoms with Gasteiger partial charge >= 0.3 is 0 Å². The fourth-order valence-electron chi connectivity index (χ4n) is 3.38. The summed E-state index contributed by atoms with van der Waals surface area (Å²) in [4.78, 5) is 0. The summed E-state index contributed by atoms with van der Waals surface area (Å²) < 4.78 is 0. The van der Waals surface area contributed by atoms with Crippen molar-refractivity contribution >= 4 is 0 Å². The van der Waals surface area contributed by atoms with Gasteiger partial charge in [0.2, 0.25) is 0 Å². The van der Waals surface area contributed by atoms with Crippen molar-refractivity contribution in [2.45, 2.75) is 40.0 Å². The number of fused-ring (bicyclic) bond motifs is 1. The van der Waals surface area contributed by atoms with Gasteiger partial charge in [-0.1, -0.05) is 20.8 Å². The molecular weight excluding hydrogens is 108 g/mol. The lowest BCUT2D eigenvalue weighted by Gasteiger charge is -2.44. The molecule has 0 aromatic heterocycles. The van der Waals surface area contributed by atoms with Crippen molar-refractivity contribution in [2.24, 2.45) is 16.7 Å². The molecule has 0 aromatic rings. The third-order valence-electron chi connectivity index (χ3n) is 3.65. The Kier molecular flexibility index (Phi) is 0.774. The molecule has 2 bridgehead atoms. The molecule has 3 aliphatic carbocycles. The molecule has 3 aliphatic rings. The second kappa shape index (κ2) is 1.21. The fraction of sp³-hybridized carbons (Fsp3) is 1.00. The normalized spacial score (nSPS) is 63.7. The largest absolute Gasteiger partial charge is 0.0620 e. The first-order valence-corrected chi connectivity index (χ1v) is 4.04. The summed E-state index contributed by atoms with van der Waals surface area (Å²) in [5, 5.41) is 0. The second-order valence-electron chi connectivity index (χ2n) is 4.92. The van der Waals surface area contributed by atoms with Gasteiger partial charge in [0.15, 0.2) is 0 Å². The van der Waals surface area contributed by atoms with E-state index in [1.165, 1.54) is 19.3 Å². The monoisotopic (exact) mass is 124 g/mol. The molecule has 1 atom stereocenters. The predicted molar refractivity (Wildman–Crippen MR) is 39.2 cm³/mol. The van der Waals surface area contributed by atoms with E-state index >= 15 is 0 Å². The molecule has 3 rings (SSSR count). The molecule has 0 aromatic carbocycles. The Morgan fingerprint density at radius 3 is 1.89 bits per heavy atom. The number of hydrogen-bond donors (Lipinski definition) is 0. The van der Waals surface area contributed by atoms with E-state index in [2.05, 4.69) is 20.8 Å². The molecule has 0 heterocycles. The van der Waals surface area contributed by atoms with Crippen molar-refractivity contribution < 1.29 is 0 Å². The Hall–Kier alpha value is 0. The van der Waals surface area contributed by atoms with Crippen molar-refractivity contribution in [2.75, 3.05) is 0 Å². The summed E-state index contributed by atoms with van der Waals surface area (Å²) in [6.45, 7) is 7.31. The molecule has 52 valence electrons. The van der Waals surface area contributed by atoms with Crippen LogP contribution in [0.1, 0.15) is 40.0 Å². The van der Waals surface area contributed by atoms with E-state index in [0.717, 1.165) is 16.7 Å². The lowest BCUT2D eigenvalue weighted by molar-refractivity contribution is 0.0646. The molecule has 3 fully saturated rings. The molecule has 0 heteroatoms. The Morgan fingerprint density at radius 2 is 1.78 bits per heavy atom. The van der Waals surface area contributed by atoms with Crippen LogP contribution in [0.15, 0.2) is 0 Å². The van der Waals surface area contributed by atoms with Crippen LogP contribution < -0.4 is 0 Å². The predicted octanol–water partition coefficient (Wildman–Crippen LogP) is 2.83. The highest BCUT2D eigenvalue weighted by Gasteiger charge is 2.58. The Morgan fingerprint density at radius 1 is 1.22 bits per heavy atom. The number of rotatable bonds is 0. The second-order valence-corrected chi connectivity index (χ2v) is 4.92. The highest BCUT2D eigenvalue weighted by molar-refractivity contribution is 5.09. The molecular formula is C9H16. The van der Waals surface area contributed by atoms with Crippen LogP contribution in [0.4, 0.5) is 0 Å². The van der Waals surface area contributed by atoms with E-state index < -0.39 is 0 Å². The first-order valence-electron chi connectivity index (χ1n) is 4.04. The summed E-state index contributed by atoms with van der Waals surface area (Å²) in [5.41, 5.74) is 1.53. The van der Waals surface area contributed by atoms with Gasteiger partial charge in [-0.15, -0.1) is 0 Å². The fourth-order valence-corrected chi connectivity index (χ4v) is 3.38. The maximum absolute atomic E-state index is 2.45. The van der Waals surface area contributed by atoms with Crippen LogP contribution in [0.5, 0.6) is 0 Å². The molecule has 0 nitrogen and oxygen atoms in total. The summed E-state index contributed by atoms with van der Waals surface area (Å²) in [6.07, 6.45) is 4.49. The van der Waals surface area contributed by atoms with E-state index in [0.29, 0.717) is 0 Å². The zero-order valence-corrected chi connectivity index (χ0v) is 6.70. The minimum Gasteiger partial charge on any atom is -0.0620 e. The van der Waals surface area contributed by atoms with E-state index in [9.17, 15) is 0 Å². The molecule has 0 spiro atoms. The van der Waals surface area contributed by atoms with Crippen molar-refractivity contribution in [3.8, 4) is 0 Å². The smallest absolute Gasteiger partial charge is 0.0290 e. The molecule has 9 heavy (non-hydrogen) atoms. The summed E-state index contributed by atoms with van der Waals surface area (Å²) in [7, 11) is 0. The van der Waals surface area contributed by atoms with E-state index in [1.807, 2.05) is 0 Å². The lowest BCUT2D eigenvalue weighted by Crippen LogP contribution is -2.34. The average Bonchev–Trinajstić information content (AvgIpc) is 1.85. The first kappa shape index (κ1) is 5.76. The van der Waals surface area contributed by atoms with Gasteiger partial charge in [0.05, 0.1) is 0 Å². The third-order valence-corrected chi connectivity index (χ3v) is 3.65. The van der Waals surface area contributed by atoms with E-state index in [-0.39, 0.29) is 0 Å². The minimum absolute atomic E-state index is 0.759. The maximum Gasteiger partial charge on any atom is -0.0290 e. The van der Waals surface area contributed by atoms with Gasteiger partial charge < -0.3 is 0 Å². The van der Waals surface area contributed by atoms with Crippen molar-refractivity contribution in [1.29, 1.82) is 0 Å². The zero-order chi connectivity index (χ0) is 6.70. The summed E-state index contributed by atoms with van der Waals surface area (Å²) in [6, 6.07) is 0. The van der Waals surface area contributed by atoms with Gasteiger partial charge in [-0.3, -0.25) is 0 Å². The first-order chi connectivity index (χ1) is 4.04. The summed E-state index contributed by atoms with van der Waals surface area (Å²) in [5.74, 6) is 1.00. The average molecular weight is 124 g/mol. The van der Waals surface area contributed by atoms with Crippen molar-refractivity contribution in [3.63, 3.8) is 0 Å². The van der Waals surface area contributed by atoms with Crippen LogP contribution in [0.25, 0.3) is 0 Å². The standard InChI is InChI=1S/C9H16/c1-7-4-8(2)5-9(7,3)6-8/h7H,4-6H2,1-3H3. The summed E-state index contributed by atoms with van der Waals surface area (Å²) >= 11 is 0. The van der Waals surface area contributed by atoms with Crippen molar-refractivity contribution in [3.05, 3.63) is 0 Å². The maximum atomic E-state index is 2.45.